The largest absolute Gasteiger partial charge is 0.471 e. The lowest BCUT2D eigenvalue weighted by Gasteiger charge is -2.59. The SMILES string of the molecule is COC(=O)[C@]12C[C@H](C)[C@H]3[C@@H](C)[C@H](c4ccccc4[C@H]31)N2C(=O)C(F)(F)F. The Labute approximate surface area is 149 Å². The molecule has 0 aromatic heterocycles. The molecule has 1 saturated heterocycles. The lowest BCUT2D eigenvalue weighted by atomic mass is 9.58. The molecule has 2 fully saturated rings. The highest BCUT2D eigenvalue weighted by Crippen LogP contribution is 2.69. The molecule has 1 saturated carbocycles. The van der Waals surface area contributed by atoms with Crippen LogP contribution in [0.5, 0.6) is 0 Å². The van der Waals surface area contributed by atoms with Gasteiger partial charge in [-0.2, -0.15) is 13.2 Å². The van der Waals surface area contributed by atoms with E-state index in [4.69, 9.17) is 4.74 Å². The zero-order valence-corrected chi connectivity index (χ0v) is 14.7. The second-order valence-electron chi connectivity index (χ2n) is 7.76. The van der Waals surface area contributed by atoms with E-state index in [2.05, 4.69) is 0 Å². The molecule has 0 spiro atoms. The van der Waals surface area contributed by atoms with Gasteiger partial charge in [-0.05, 0) is 35.3 Å². The number of hydrogen-bond donors (Lipinski definition) is 0. The second kappa shape index (κ2) is 5.24. The summed E-state index contributed by atoms with van der Waals surface area (Å²) in [5.74, 6) is -3.31. The highest BCUT2D eigenvalue weighted by Gasteiger charge is 2.73. The summed E-state index contributed by atoms with van der Waals surface area (Å²) in [5, 5.41) is 0. The summed E-state index contributed by atoms with van der Waals surface area (Å²) in [6.07, 6.45) is -4.86. The van der Waals surface area contributed by atoms with Gasteiger partial charge >= 0.3 is 18.1 Å². The number of piperidine rings is 1. The number of esters is 1. The van der Waals surface area contributed by atoms with E-state index >= 15 is 0 Å². The summed E-state index contributed by atoms with van der Waals surface area (Å²) >= 11 is 0. The number of alkyl halides is 3. The topological polar surface area (TPSA) is 46.6 Å². The van der Waals surface area contributed by atoms with Crippen LogP contribution in [0.1, 0.15) is 43.4 Å². The average Bonchev–Trinajstić information content (AvgIpc) is 2.87. The minimum absolute atomic E-state index is 0.0102. The zero-order valence-electron chi connectivity index (χ0n) is 14.7. The number of halogens is 3. The van der Waals surface area contributed by atoms with Crippen LogP contribution >= 0.6 is 0 Å². The first-order valence-electron chi connectivity index (χ1n) is 8.74. The van der Waals surface area contributed by atoms with Crippen molar-refractivity contribution in [3.05, 3.63) is 35.4 Å². The molecule has 140 valence electrons. The molecule has 5 rings (SSSR count). The number of carbonyl (C=O) groups excluding carboxylic acids is 2. The van der Waals surface area contributed by atoms with Crippen LogP contribution in [0.25, 0.3) is 0 Å². The number of rotatable bonds is 1. The summed E-state index contributed by atoms with van der Waals surface area (Å²) in [7, 11) is 1.17. The van der Waals surface area contributed by atoms with E-state index < -0.39 is 35.6 Å². The monoisotopic (exact) mass is 367 g/mol. The van der Waals surface area contributed by atoms with E-state index in [1.54, 1.807) is 12.1 Å². The van der Waals surface area contributed by atoms with Crippen LogP contribution in [0.2, 0.25) is 0 Å². The summed E-state index contributed by atoms with van der Waals surface area (Å²) in [6.45, 7) is 3.84. The van der Waals surface area contributed by atoms with Gasteiger partial charge in [-0.25, -0.2) is 4.79 Å². The molecule has 2 aliphatic carbocycles. The van der Waals surface area contributed by atoms with Crippen molar-refractivity contribution in [3.63, 3.8) is 0 Å². The minimum Gasteiger partial charge on any atom is -0.467 e. The molecule has 1 amide bonds. The Morgan fingerprint density at radius 1 is 1.19 bits per heavy atom. The first-order valence-corrected chi connectivity index (χ1v) is 8.74. The first-order chi connectivity index (χ1) is 12.2. The van der Waals surface area contributed by atoms with Crippen LogP contribution in [0.4, 0.5) is 13.2 Å². The van der Waals surface area contributed by atoms with Crippen molar-refractivity contribution in [1.82, 2.24) is 4.90 Å². The first kappa shape index (κ1) is 17.4. The standard InChI is InChI=1S/C19H20F3NO3/c1-9-8-18(17(25)26-3)14-11-6-4-5-7-12(11)15(10(2)13(9)14)23(18)16(24)19(20,21)22/h4-7,9-10,13-15H,8H2,1-3H3/t9-,10+,13-,14+,15+,18-/m0/s1. The fraction of sp³-hybridized carbons (Fsp3) is 0.579. The molecular formula is C19H20F3NO3. The molecule has 4 aliphatic rings. The lowest BCUT2D eigenvalue weighted by molar-refractivity contribution is -0.208. The van der Waals surface area contributed by atoms with Gasteiger partial charge in [0.1, 0.15) is 5.54 Å². The number of hydrogen-bond acceptors (Lipinski definition) is 3. The zero-order chi connectivity index (χ0) is 19.0. The van der Waals surface area contributed by atoms with Gasteiger partial charge < -0.3 is 9.64 Å². The Bertz CT molecular complexity index is 792. The van der Waals surface area contributed by atoms with E-state index in [9.17, 15) is 22.8 Å². The van der Waals surface area contributed by atoms with Crippen molar-refractivity contribution in [1.29, 1.82) is 0 Å². The van der Waals surface area contributed by atoms with Crippen molar-refractivity contribution >= 4 is 11.9 Å². The third-order valence-corrected chi connectivity index (χ3v) is 6.65. The molecule has 0 radical (unpaired) electrons. The number of ether oxygens (including phenoxy) is 1. The Balaban J connectivity index is 2.03. The van der Waals surface area contributed by atoms with Crippen molar-refractivity contribution in [3.8, 4) is 0 Å². The van der Waals surface area contributed by atoms with E-state index in [1.165, 1.54) is 7.11 Å². The molecule has 1 aromatic rings. The van der Waals surface area contributed by atoms with Crippen LogP contribution in [-0.4, -0.2) is 35.6 Å². The molecule has 4 nitrogen and oxygen atoms in total. The van der Waals surface area contributed by atoms with Gasteiger partial charge in [0.25, 0.3) is 0 Å². The van der Waals surface area contributed by atoms with Gasteiger partial charge in [0.15, 0.2) is 0 Å². The molecule has 26 heavy (non-hydrogen) atoms. The fourth-order valence-electron chi connectivity index (χ4n) is 6.04. The highest BCUT2D eigenvalue weighted by molar-refractivity contribution is 5.93. The number of carbonyl (C=O) groups is 2. The van der Waals surface area contributed by atoms with Crippen LogP contribution in [-0.2, 0) is 14.3 Å². The molecule has 2 heterocycles. The summed E-state index contributed by atoms with van der Waals surface area (Å²) in [5.41, 5.74) is 0.00537. The van der Waals surface area contributed by atoms with Gasteiger partial charge in [-0.15, -0.1) is 0 Å². The Hall–Kier alpha value is -2.05. The third kappa shape index (κ3) is 1.86. The van der Waals surface area contributed by atoms with E-state index in [-0.39, 0.29) is 24.2 Å². The van der Waals surface area contributed by atoms with E-state index in [1.807, 2.05) is 26.0 Å². The fourth-order valence-corrected chi connectivity index (χ4v) is 6.04. The van der Waals surface area contributed by atoms with Crippen molar-refractivity contribution < 1.29 is 27.5 Å². The predicted molar refractivity (Wildman–Crippen MR) is 86.0 cm³/mol. The minimum atomic E-state index is -5.05. The maximum absolute atomic E-state index is 13.5. The summed E-state index contributed by atoms with van der Waals surface area (Å²) in [6, 6.07) is 6.46. The molecule has 0 unspecified atom stereocenters. The Kier molecular flexibility index (Phi) is 3.50. The number of amides is 1. The highest BCUT2D eigenvalue weighted by atomic mass is 19.4. The van der Waals surface area contributed by atoms with Crippen molar-refractivity contribution in [2.24, 2.45) is 17.8 Å². The molecular weight excluding hydrogens is 347 g/mol. The van der Waals surface area contributed by atoms with Crippen LogP contribution in [0, 0.1) is 17.8 Å². The smallest absolute Gasteiger partial charge is 0.467 e. The average molecular weight is 367 g/mol. The molecule has 6 atom stereocenters. The summed E-state index contributed by atoms with van der Waals surface area (Å²) in [4.78, 5) is 26.2. The Morgan fingerprint density at radius 3 is 2.38 bits per heavy atom. The molecule has 4 bridgehead atoms. The quantitative estimate of drug-likeness (QED) is 0.715. The lowest BCUT2D eigenvalue weighted by Crippen LogP contribution is -2.69. The van der Waals surface area contributed by atoms with E-state index in [0.717, 1.165) is 10.5 Å². The van der Waals surface area contributed by atoms with Gasteiger partial charge in [0.2, 0.25) is 0 Å². The van der Waals surface area contributed by atoms with E-state index in [0.29, 0.717) is 5.56 Å². The summed E-state index contributed by atoms with van der Waals surface area (Å²) < 4.78 is 45.4. The van der Waals surface area contributed by atoms with Gasteiger partial charge in [-0.1, -0.05) is 38.1 Å². The molecule has 7 heteroatoms. The van der Waals surface area contributed by atoms with Crippen molar-refractivity contribution in [2.75, 3.05) is 7.11 Å². The normalized spacial score (nSPS) is 37.5. The van der Waals surface area contributed by atoms with Crippen molar-refractivity contribution in [2.45, 2.75) is 43.9 Å². The number of benzene rings is 1. The van der Waals surface area contributed by atoms with Gasteiger partial charge in [0, 0.05) is 5.92 Å². The Morgan fingerprint density at radius 2 is 1.81 bits per heavy atom. The predicted octanol–water partition coefficient (Wildman–Crippen LogP) is 3.43. The maximum atomic E-state index is 13.5. The van der Waals surface area contributed by atoms with Crippen LogP contribution < -0.4 is 0 Å². The molecule has 2 aliphatic heterocycles. The molecule has 1 aromatic carbocycles. The third-order valence-electron chi connectivity index (χ3n) is 6.65. The second-order valence-corrected chi connectivity index (χ2v) is 7.76. The van der Waals surface area contributed by atoms with Crippen LogP contribution in [0.15, 0.2) is 24.3 Å². The van der Waals surface area contributed by atoms with Gasteiger partial charge in [0.05, 0.1) is 13.2 Å². The van der Waals surface area contributed by atoms with Crippen LogP contribution in [0.3, 0.4) is 0 Å². The number of methoxy groups -OCH3 is 1. The number of nitrogens with zero attached hydrogens (tertiary/aromatic N) is 1. The van der Waals surface area contributed by atoms with Gasteiger partial charge in [-0.3, -0.25) is 4.79 Å². The molecule has 0 N–H and O–H groups in total. The maximum Gasteiger partial charge on any atom is 0.471 e.